The van der Waals surface area contributed by atoms with Crippen LogP contribution >= 0.6 is 0 Å². The fourth-order valence-corrected chi connectivity index (χ4v) is 2.71. The van der Waals surface area contributed by atoms with Crippen LogP contribution < -0.4 is 14.8 Å². The summed E-state index contributed by atoms with van der Waals surface area (Å²) in [7, 11) is 1.45. The van der Waals surface area contributed by atoms with Crippen molar-refractivity contribution in [3.05, 3.63) is 59.2 Å². The molecule has 0 spiro atoms. The highest BCUT2D eigenvalue weighted by molar-refractivity contribution is 5.80. The van der Waals surface area contributed by atoms with Gasteiger partial charge in [0.25, 0.3) is 0 Å². The van der Waals surface area contributed by atoms with Crippen molar-refractivity contribution in [2.75, 3.05) is 7.11 Å². The zero-order chi connectivity index (χ0) is 23.2. The summed E-state index contributed by atoms with van der Waals surface area (Å²) in [6.07, 6.45) is -0.875. The molecule has 2 N–H and O–H groups in total. The van der Waals surface area contributed by atoms with Crippen molar-refractivity contribution in [1.29, 1.82) is 0 Å². The normalized spacial score (nSPS) is 12.1. The maximum Gasteiger partial charge on any atom is 0.408 e. The number of carbonyl (C=O) groups excluding carboxylic acids is 1. The first-order valence-corrected chi connectivity index (χ1v) is 9.44. The van der Waals surface area contributed by atoms with E-state index in [2.05, 4.69) is 5.32 Å². The number of hydrogen-bond donors (Lipinski definition) is 2. The van der Waals surface area contributed by atoms with Gasteiger partial charge in [0.15, 0.2) is 11.6 Å². The number of methoxy groups -OCH3 is 1. The lowest BCUT2D eigenvalue weighted by molar-refractivity contribution is -0.139. The van der Waals surface area contributed by atoms with Gasteiger partial charge in [-0.15, -0.1) is 0 Å². The molecule has 2 aromatic rings. The number of nitrogens with one attached hydrogen (secondary N) is 1. The van der Waals surface area contributed by atoms with Gasteiger partial charge in [0.2, 0.25) is 0 Å². The van der Waals surface area contributed by atoms with Gasteiger partial charge in [0, 0.05) is 18.1 Å². The molecule has 0 fully saturated rings. The van der Waals surface area contributed by atoms with Crippen LogP contribution in [0.3, 0.4) is 0 Å². The predicted molar refractivity (Wildman–Crippen MR) is 108 cm³/mol. The van der Waals surface area contributed by atoms with E-state index in [1.807, 2.05) is 0 Å². The van der Waals surface area contributed by atoms with E-state index in [4.69, 9.17) is 14.2 Å². The van der Waals surface area contributed by atoms with Gasteiger partial charge in [0.05, 0.1) is 7.11 Å². The molecule has 0 aliphatic heterocycles. The van der Waals surface area contributed by atoms with Crippen LogP contribution in [0.2, 0.25) is 0 Å². The van der Waals surface area contributed by atoms with E-state index in [1.54, 1.807) is 39.0 Å². The van der Waals surface area contributed by atoms with Crippen LogP contribution in [0.4, 0.5) is 13.6 Å². The zero-order valence-electron chi connectivity index (χ0n) is 17.7. The summed E-state index contributed by atoms with van der Waals surface area (Å²) in [5, 5.41) is 11.8. The van der Waals surface area contributed by atoms with Crippen molar-refractivity contribution in [3.8, 4) is 11.5 Å². The number of amides is 1. The third-order valence-electron chi connectivity index (χ3n) is 4.05. The molecule has 2 rings (SSSR count). The lowest BCUT2D eigenvalue weighted by atomic mass is 10.0. The number of benzene rings is 2. The molecule has 0 heterocycles. The molecule has 0 radical (unpaired) electrons. The Morgan fingerprint density at radius 1 is 1.10 bits per heavy atom. The molecule has 0 saturated heterocycles. The molecule has 0 aliphatic carbocycles. The highest BCUT2D eigenvalue weighted by Crippen LogP contribution is 2.24. The average molecular weight is 437 g/mol. The third-order valence-corrected chi connectivity index (χ3v) is 4.05. The summed E-state index contributed by atoms with van der Waals surface area (Å²) >= 11 is 0. The van der Waals surface area contributed by atoms with Gasteiger partial charge in [-0.25, -0.2) is 18.4 Å². The molecule has 9 heteroatoms. The van der Waals surface area contributed by atoms with E-state index in [0.29, 0.717) is 22.9 Å². The van der Waals surface area contributed by atoms with Gasteiger partial charge >= 0.3 is 12.1 Å². The fourth-order valence-electron chi connectivity index (χ4n) is 2.71. The van der Waals surface area contributed by atoms with Crippen LogP contribution in [0.15, 0.2) is 36.4 Å². The summed E-state index contributed by atoms with van der Waals surface area (Å²) in [6, 6.07) is 6.62. The number of hydrogen-bond acceptors (Lipinski definition) is 5. The number of carboxylic acid groups (broad SMARTS) is 1. The van der Waals surface area contributed by atoms with Crippen molar-refractivity contribution < 1.29 is 37.7 Å². The molecule has 0 aromatic heterocycles. The minimum absolute atomic E-state index is 0.0313. The Kier molecular flexibility index (Phi) is 7.79. The molecule has 31 heavy (non-hydrogen) atoms. The second kappa shape index (κ2) is 10.1. The lowest BCUT2D eigenvalue weighted by Crippen LogP contribution is -2.44. The van der Waals surface area contributed by atoms with Gasteiger partial charge in [0.1, 0.15) is 29.8 Å². The van der Waals surface area contributed by atoms with Crippen LogP contribution in [0.5, 0.6) is 11.5 Å². The summed E-state index contributed by atoms with van der Waals surface area (Å²) in [5.41, 5.74) is 0.320. The van der Waals surface area contributed by atoms with Crippen molar-refractivity contribution in [2.24, 2.45) is 0 Å². The second-order valence-electron chi connectivity index (χ2n) is 7.75. The second-order valence-corrected chi connectivity index (χ2v) is 7.75. The topological polar surface area (TPSA) is 94.1 Å². The van der Waals surface area contributed by atoms with Crippen molar-refractivity contribution in [1.82, 2.24) is 5.32 Å². The minimum atomic E-state index is -1.23. The number of halogens is 2. The predicted octanol–water partition coefficient (Wildman–Crippen LogP) is 4.07. The fraction of sp³-hybridized carbons (Fsp3) is 0.364. The molecule has 168 valence electrons. The Morgan fingerprint density at radius 3 is 2.35 bits per heavy atom. The monoisotopic (exact) mass is 437 g/mol. The average Bonchev–Trinajstić information content (AvgIpc) is 2.65. The number of ether oxygens (including phenoxy) is 3. The zero-order valence-corrected chi connectivity index (χ0v) is 17.7. The summed E-state index contributed by atoms with van der Waals surface area (Å²) in [6.45, 7) is 4.91. The Balaban J connectivity index is 2.15. The Morgan fingerprint density at radius 2 is 1.77 bits per heavy atom. The number of aliphatic carboxylic acids is 1. The van der Waals surface area contributed by atoms with Gasteiger partial charge in [-0.1, -0.05) is 6.07 Å². The lowest BCUT2D eigenvalue weighted by Gasteiger charge is -2.22. The third kappa shape index (κ3) is 7.44. The summed E-state index contributed by atoms with van der Waals surface area (Å²) in [4.78, 5) is 23.5. The van der Waals surface area contributed by atoms with E-state index in [9.17, 15) is 23.5 Å². The first-order chi connectivity index (χ1) is 14.5. The molecule has 0 saturated carbocycles. The Labute approximate surface area is 178 Å². The first kappa shape index (κ1) is 23.9. The number of carbonyl (C=O) groups is 2. The summed E-state index contributed by atoms with van der Waals surface area (Å²) in [5.74, 6) is -2.49. The molecule has 1 amide bonds. The van der Waals surface area contributed by atoms with Gasteiger partial charge in [-0.2, -0.15) is 0 Å². The summed E-state index contributed by atoms with van der Waals surface area (Å²) < 4.78 is 42.6. The van der Waals surface area contributed by atoms with Gasteiger partial charge < -0.3 is 24.6 Å². The van der Waals surface area contributed by atoms with Crippen molar-refractivity contribution in [3.63, 3.8) is 0 Å². The molecule has 7 nitrogen and oxygen atoms in total. The van der Waals surface area contributed by atoms with Crippen molar-refractivity contribution >= 4 is 12.1 Å². The minimum Gasteiger partial charge on any atom is -0.496 e. The standard InChI is InChI=1S/C22H25F2NO6/c1-22(2,3)31-21(28)25-17(20(26)27)10-13-5-7-18(29-4)14(9-13)12-30-19-8-6-15(23)11-16(19)24/h5-9,11,17H,10,12H2,1-4H3,(H,25,28)(H,26,27). The number of rotatable bonds is 8. The van der Waals surface area contributed by atoms with E-state index < -0.39 is 35.3 Å². The Hall–Kier alpha value is -3.36. The SMILES string of the molecule is COc1ccc(CC(NC(=O)OC(C)(C)C)C(=O)O)cc1COc1ccc(F)cc1F. The highest BCUT2D eigenvalue weighted by Gasteiger charge is 2.24. The molecular formula is C22H25F2NO6. The van der Waals surface area contributed by atoms with Gasteiger partial charge in [-0.05, 0) is 50.6 Å². The van der Waals surface area contributed by atoms with Crippen LogP contribution in [-0.2, 0) is 22.6 Å². The molecule has 0 bridgehead atoms. The molecule has 2 aromatic carbocycles. The number of carboxylic acids is 1. The van der Waals surface area contributed by atoms with Crippen LogP contribution in [0.25, 0.3) is 0 Å². The molecular weight excluding hydrogens is 412 g/mol. The molecule has 1 atom stereocenters. The van der Waals surface area contributed by atoms with E-state index in [1.165, 1.54) is 13.2 Å². The van der Waals surface area contributed by atoms with Crippen molar-refractivity contribution in [2.45, 2.75) is 45.4 Å². The van der Waals surface area contributed by atoms with E-state index in [0.717, 1.165) is 6.07 Å². The maximum atomic E-state index is 13.8. The quantitative estimate of drug-likeness (QED) is 0.647. The van der Waals surface area contributed by atoms with E-state index in [-0.39, 0.29) is 18.8 Å². The molecule has 1 unspecified atom stereocenters. The molecule has 0 aliphatic rings. The smallest absolute Gasteiger partial charge is 0.408 e. The van der Waals surface area contributed by atoms with Crippen LogP contribution in [0, 0.1) is 11.6 Å². The maximum absolute atomic E-state index is 13.8. The number of alkyl carbamates (subject to hydrolysis) is 1. The van der Waals surface area contributed by atoms with E-state index >= 15 is 0 Å². The van der Waals surface area contributed by atoms with Crippen LogP contribution in [0.1, 0.15) is 31.9 Å². The largest absolute Gasteiger partial charge is 0.496 e. The highest BCUT2D eigenvalue weighted by atomic mass is 19.1. The Bertz CT molecular complexity index is 942. The van der Waals surface area contributed by atoms with Crippen LogP contribution in [-0.4, -0.2) is 35.9 Å². The van der Waals surface area contributed by atoms with Gasteiger partial charge in [-0.3, -0.25) is 0 Å². The first-order valence-electron chi connectivity index (χ1n) is 9.44.